The first kappa shape index (κ1) is 20.6. The largest absolute Gasteiger partial charge is 0.387 e. The van der Waals surface area contributed by atoms with Crippen molar-refractivity contribution in [3.8, 4) is 0 Å². The molecule has 4 rings (SSSR count). The average Bonchev–Trinajstić information content (AvgIpc) is 3.21. The minimum atomic E-state index is -3.29. The van der Waals surface area contributed by atoms with E-state index in [4.69, 9.17) is 0 Å². The molecule has 2 heterocycles. The van der Waals surface area contributed by atoms with Crippen LogP contribution < -0.4 is 4.31 Å². The molecule has 1 aromatic rings. The minimum absolute atomic E-state index is 0.171. The Balaban J connectivity index is 1.40. The van der Waals surface area contributed by atoms with Crippen molar-refractivity contribution in [2.45, 2.75) is 50.7 Å². The van der Waals surface area contributed by atoms with Crippen molar-refractivity contribution in [3.05, 3.63) is 29.3 Å². The predicted octanol–water partition coefficient (Wildman–Crippen LogP) is 1.52. The zero-order chi connectivity index (χ0) is 20.6. The van der Waals surface area contributed by atoms with Gasteiger partial charge in [-0.3, -0.25) is 14.0 Å². The second kappa shape index (κ2) is 8.24. The van der Waals surface area contributed by atoms with Crippen LogP contribution in [0.2, 0.25) is 0 Å². The van der Waals surface area contributed by atoms with E-state index in [9.17, 15) is 18.3 Å². The molecule has 1 aromatic carbocycles. The van der Waals surface area contributed by atoms with Gasteiger partial charge in [0.15, 0.2) is 0 Å². The van der Waals surface area contributed by atoms with Gasteiger partial charge in [0.1, 0.15) is 0 Å². The van der Waals surface area contributed by atoms with Crippen molar-refractivity contribution in [1.29, 1.82) is 0 Å². The van der Waals surface area contributed by atoms with Gasteiger partial charge in [0.25, 0.3) is 0 Å². The van der Waals surface area contributed by atoms with E-state index in [1.54, 1.807) is 6.07 Å². The number of hydrogen-bond donors (Lipinski definition) is 1. The van der Waals surface area contributed by atoms with Crippen LogP contribution in [0.25, 0.3) is 0 Å². The first-order valence-corrected chi connectivity index (χ1v) is 12.5. The monoisotopic (exact) mass is 421 g/mol. The molecule has 0 bridgehead atoms. The molecule has 160 valence electrons. The van der Waals surface area contributed by atoms with Crippen LogP contribution in [0.15, 0.2) is 18.2 Å². The van der Waals surface area contributed by atoms with Gasteiger partial charge in [-0.1, -0.05) is 25.0 Å². The van der Waals surface area contributed by atoms with Crippen LogP contribution in [0, 0.1) is 0 Å². The Kier molecular flexibility index (Phi) is 5.86. The summed E-state index contributed by atoms with van der Waals surface area (Å²) in [6, 6.07) is 5.95. The number of fused-ring (bicyclic) bond motifs is 1. The number of benzene rings is 1. The summed E-state index contributed by atoms with van der Waals surface area (Å²) >= 11 is 0. The third-order valence-corrected chi connectivity index (χ3v) is 7.68. The van der Waals surface area contributed by atoms with Gasteiger partial charge in [0.05, 0.1) is 24.6 Å². The van der Waals surface area contributed by atoms with Gasteiger partial charge in [-0.25, -0.2) is 8.42 Å². The number of carbonyl (C=O) groups excluding carboxylic acids is 1. The molecule has 1 unspecified atom stereocenters. The van der Waals surface area contributed by atoms with E-state index in [0.29, 0.717) is 25.7 Å². The smallest absolute Gasteiger partial charge is 0.237 e. The van der Waals surface area contributed by atoms with Gasteiger partial charge in [-0.15, -0.1) is 0 Å². The van der Waals surface area contributed by atoms with E-state index in [1.807, 2.05) is 21.9 Å². The number of hydrogen-bond acceptors (Lipinski definition) is 5. The highest BCUT2D eigenvalue weighted by Crippen LogP contribution is 2.32. The second-order valence-electron chi connectivity index (χ2n) is 8.60. The highest BCUT2D eigenvalue weighted by atomic mass is 32.2. The fraction of sp³-hybridized carbons (Fsp3) is 0.667. The van der Waals surface area contributed by atoms with Crippen molar-refractivity contribution in [1.82, 2.24) is 9.80 Å². The molecule has 3 aliphatic rings. The van der Waals surface area contributed by atoms with Gasteiger partial charge in [-0.05, 0) is 42.9 Å². The number of anilines is 1. The zero-order valence-corrected chi connectivity index (χ0v) is 17.9. The van der Waals surface area contributed by atoms with Crippen LogP contribution in [0.4, 0.5) is 5.69 Å². The van der Waals surface area contributed by atoms with Gasteiger partial charge in [-0.2, -0.15) is 0 Å². The molecule has 1 aliphatic carbocycles. The molecule has 1 amide bonds. The number of β-amino-alcohol motifs (C(OH)–C–C–N with tert-alkyl or cyclic N) is 1. The van der Waals surface area contributed by atoms with E-state index >= 15 is 0 Å². The summed E-state index contributed by atoms with van der Waals surface area (Å²) < 4.78 is 25.5. The highest BCUT2D eigenvalue weighted by Gasteiger charge is 2.32. The zero-order valence-electron chi connectivity index (χ0n) is 17.1. The van der Waals surface area contributed by atoms with Gasteiger partial charge in [0.2, 0.25) is 15.9 Å². The van der Waals surface area contributed by atoms with E-state index in [0.717, 1.165) is 55.6 Å². The summed E-state index contributed by atoms with van der Waals surface area (Å²) in [5, 5.41) is 10.8. The van der Waals surface area contributed by atoms with Gasteiger partial charge >= 0.3 is 0 Å². The molecule has 7 nitrogen and oxygen atoms in total. The summed E-state index contributed by atoms with van der Waals surface area (Å²) in [6.07, 6.45) is 6.78. The molecular weight excluding hydrogens is 390 g/mol. The van der Waals surface area contributed by atoms with Crippen LogP contribution >= 0.6 is 0 Å². The lowest BCUT2D eigenvalue weighted by Gasteiger charge is -2.38. The maximum atomic E-state index is 12.6. The van der Waals surface area contributed by atoms with Crippen LogP contribution in [-0.4, -0.2) is 74.3 Å². The molecule has 2 fully saturated rings. The quantitative estimate of drug-likeness (QED) is 0.780. The van der Waals surface area contributed by atoms with Crippen LogP contribution in [0.1, 0.15) is 49.3 Å². The molecule has 8 heteroatoms. The normalized spacial score (nSPS) is 22.8. The van der Waals surface area contributed by atoms with E-state index in [1.165, 1.54) is 23.4 Å². The summed E-state index contributed by atoms with van der Waals surface area (Å²) in [5.41, 5.74) is 2.46. The number of aliphatic hydroxyl groups excluding tert-OH is 1. The van der Waals surface area contributed by atoms with Gasteiger partial charge < -0.3 is 10.0 Å². The van der Waals surface area contributed by atoms with Crippen LogP contribution in [0.5, 0.6) is 0 Å². The maximum Gasteiger partial charge on any atom is 0.237 e. The third-order valence-electron chi connectivity index (χ3n) is 6.50. The van der Waals surface area contributed by atoms with Crippen molar-refractivity contribution in [2.75, 3.05) is 43.3 Å². The van der Waals surface area contributed by atoms with Crippen LogP contribution in [0.3, 0.4) is 0 Å². The molecule has 2 aliphatic heterocycles. The Labute approximate surface area is 173 Å². The fourth-order valence-electron chi connectivity index (χ4n) is 4.98. The number of sulfonamides is 1. The third kappa shape index (κ3) is 4.44. The summed E-state index contributed by atoms with van der Waals surface area (Å²) in [5.74, 6) is 0.171. The predicted molar refractivity (Wildman–Crippen MR) is 112 cm³/mol. The molecular formula is C21H31N3O4S. The number of piperazine rings is 1. The lowest BCUT2D eigenvalue weighted by atomic mass is 9.98. The Morgan fingerprint density at radius 2 is 1.90 bits per heavy atom. The van der Waals surface area contributed by atoms with Crippen molar-refractivity contribution in [2.24, 2.45) is 0 Å². The SMILES string of the molecule is CS(=O)(=O)N1CCCc2cc(C(O)CN3CCN(C4CCCC4)C(=O)C3)ccc21. The van der Waals surface area contributed by atoms with Gasteiger partial charge in [0, 0.05) is 32.2 Å². The topological polar surface area (TPSA) is 81.2 Å². The molecule has 0 aromatic heterocycles. The maximum absolute atomic E-state index is 12.6. The molecule has 0 radical (unpaired) electrons. The Bertz CT molecular complexity index is 867. The molecule has 1 saturated carbocycles. The number of rotatable bonds is 5. The minimum Gasteiger partial charge on any atom is -0.387 e. The number of amides is 1. The van der Waals surface area contributed by atoms with E-state index < -0.39 is 16.1 Å². The lowest BCUT2D eigenvalue weighted by molar-refractivity contribution is -0.139. The number of aliphatic hydroxyl groups is 1. The second-order valence-corrected chi connectivity index (χ2v) is 10.5. The van der Waals surface area contributed by atoms with Crippen LogP contribution in [-0.2, 0) is 21.2 Å². The van der Waals surface area contributed by atoms with Crippen molar-refractivity contribution < 1.29 is 18.3 Å². The van der Waals surface area contributed by atoms with Crippen molar-refractivity contribution >= 4 is 21.6 Å². The summed E-state index contributed by atoms with van der Waals surface area (Å²) in [4.78, 5) is 16.6. The molecule has 0 spiro atoms. The molecule has 1 atom stereocenters. The average molecular weight is 422 g/mol. The first-order chi connectivity index (χ1) is 13.8. The molecule has 1 saturated heterocycles. The lowest BCUT2D eigenvalue weighted by Crippen LogP contribution is -2.54. The number of aryl methyl sites for hydroxylation is 1. The highest BCUT2D eigenvalue weighted by molar-refractivity contribution is 7.92. The number of carbonyl (C=O) groups is 1. The molecule has 29 heavy (non-hydrogen) atoms. The fourth-order valence-corrected chi connectivity index (χ4v) is 5.97. The molecule has 1 N–H and O–H groups in total. The van der Waals surface area contributed by atoms with E-state index in [2.05, 4.69) is 0 Å². The Morgan fingerprint density at radius 3 is 2.59 bits per heavy atom. The standard InChI is InChI=1S/C21H31N3O4S/c1-29(27,28)24-10-4-5-16-13-17(8-9-19(16)24)20(25)14-22-11-12-23(21(26)15-22)18-6-2-3-7-18/h8-9,13,18,20,25H,2-7,10-12,14-15H2,1H3. The van der Waals surface area contributed by atoms with Crippen molar-refractivity contribution in [3.63, 3.8) is 0 Å². The first-order valence-electron chi connectivity index (χ1n) is 10.6. The summed E-state index contributed by atoms with van der Waals surface area (Å²) in [7, 11) is -3.29. The Morgan fingerprint density at radius 1 is 1.14 bits per heavy atom. The summed E-state index contributed by atoms with van der Waals surface area (Å²) in [6.45, 7) is 2.80. The number of nitrogens with zero attached hydrogens (tertiary/aromatic N) is 3. The Hall–Kier alpha value is -1.64. The van der Waals surface area contributed by atoms with E-state index in [-0.39, 0.29) is 5.91 Å².